The second-order valence-electron chi connectivity index (χ2n) is 10.2. The van der Waals surface area contributed by atoms with E-state index >= 15 is 0 Å². The van der Waals surface area contributed by atoms with Gasteiger partial charge in [-0.15, -0.1) is 0 Å². The van der Waals surface area contributed by atoms with Crippen molar-refractivity contribution in [2.45, 2.75) is 37.9 Å². The zero-order valence-corrected chi connectivity index (χ0v) is 20.5. The van der Waals surface area contributed by atoms with Crippen LogP contribution >= 0.6 is 0 Å². The Kier molecular flexibility index (Phi) is 6.53. The molecule has 1 saturated heterocycles. The van der Waals surface area contributed by atoms with E-state index in [9.17, 15) is 19.7 Å². The van der Waals surface area contributed by atoms with Gasteiger partial charge in [0, 0.05) is 25.2 Å². The Bertz CT molecular complexity index is 1210. The molecule has 3 aromatic rings. The first-order valence-corrected chi connectivity index (χ1v) is 12.4. The minimum absolute atomic E-state index is 0.00851. The van der Waals surface area contributed by atoms with Gasteiger partial charge in [-0.05, 0) is 61.2 Å². The van der Waals surface area contributed by atoms with E-state index in [-0.39, 0.29) is 22.8 Å². The van der Waals surface area contributed by atoms with Gasteiger partial charge in [-0.2, -0.15) is 0 Å². The first-order chi connectivity index (χ1) is 17.2. The third-order valence-corrected chi connectivity index (χ3v) is 7.35. The number of halogens is 1. The monoisotopic (exact) mass is 493 g/mol. The van der Waals surface area contributed by atoms with Gasteiger partial charge in [-0.3, -0.25) is 4.90 Å². The number of benzene rings is 3. The molecule has 7 heteroatoms. The number of hydrogen-bond donors (Lipinski definition) is 3. The molecule has 2 aliphatic heterocycles. The van der Waals surface area contributed by atoms with Crippen LogP contribution in [-0.2, 0) is 5.60 Å². The summed E-state index contributed by atoms with van der Waals surface area (Å²) >= 11 is 0. The lowest BCUT2D eigenvalue weighted by molar-refractivity contribution is -0.0456. The summed E-state index contributed by atoms with van der Waals surface area (Å²) in [6.45, 7) is 7.52. The molecule has 0 radical (unpaired) electrons. The van der Waals surface area contributed by atoms with Crippen molar-refractivity contribution in [3.63, 3.8) is 0 Å². The van der Waals surface area contributed by atoms with E-state index in [0.717, 1.165) is 42.9 Å². The number of likely N-dealkylation sites (tertiary alicyclic amines) is 1. The summed E-state index contributed by atoms with van der Waals surface area (Å²) in [4.78, 5) is 2.41. The molecule has 190 valence electrons. The van der Waals surface area contributed by atoms with Gasteiger partial charge in [-0.25, -0.2) is 4.39 Å². The second kappa shape index (κ2) is 9.64. The molecule has 3 aromatic carbocycles. The number of phenols is 2. The summed E-state index contributed by atoms with van der Waals surface area (Å²) in [5, 5.41) is 31.5. The quantitative estimate of drug-likeness (QED) is 0.444. The van der Waals surface area contributed by atoms with Crippen LogP contribution in [0.2, 0.25) is 0 Å². The summed E-state index contributed by atoms with van der Waals surface area (Å²) in [5.74, 6) is -0.0504. The van der Waals surface area contributed by atoms with Crippen LogP contribution in [0.1, 0.15) is 49.0 Å². The Morgan fingerprint density at radius 3 is 2.39 bits per heavy atom. The van der Waals surface area contributed by atoms with Gasteiger partial charge >= 0.3 is 0 Å². The van der Waals surface area contributed by atoms with Crippen LogP contribution in [0.15, 0.2) is 60.7 Å². The van der Waals surface area contributed by atoms with Gasteiger partial charge < -0.3 is 24.8 Å². The number of aliphatic hydroxyl groups is 1. The maximum Gasteiger partial charge on any atom is 0.136 e. The molecule has 2 aliphatic rings. The van der Waals surface area contributed by atoms with E-state index in [1.54, 1.807) is 19.1 Å². The average Bonchev–Trinajstić information content (AvgIpc) is 3.24. The highest BCUT2D eigenvalue weighted by Gasteiger charge is 2.49. The number of aromatic hydroxyl groups is 2. The van der Waals surface area contributed by atoms with Crippen LogP contribution in [0, 0.1) is 11.7 Å². The second-order valence-corrected chi connectivity index (χ2v) is 10.2. The summed E-state index contributed by atoms with van der Waals surface area (Å²) < 4.78 is 27.2. The lowest BCUT2D eigenvalue weighted by atomic mass is 9.71. The largest absolute Gasteiger partial charge is 0.508 e. The summed E-state index contributed by atoms with van der Waals surface area (Å²) in [5.41, 5.74) is -0.218. The van der Waals surface area contributed by atoms with Crippen molar-refractivity contribution in [1.29, 1.82) is 0 Å². The first kappa shape index (κ1) is 24.4. The molecule has 4 atom stereocenters. The van der Waals surface area contributed by atoms with Crippen molar-refractivity contribution in [3.05, 3.63) is 83.2 Å². The lowest BCUT2D eigenvalue weighted by Crippen LogP contribution is -2.41. The molecule has 0 aliphatic carbocycles. The predicted molar refractivity (Wildman–Crippen MR) is 134 cm³/mol. The molecule has 2 heterocycles. The zero-order chi connectivity index (χ0) is 25.4. The van der Waals surface area contributed by atoms with Crippen molar-refractivity contribution in [2.24, 2.45) is 5.92 Å². The molecule has 6 nitrogen and oxygen atoms in total. The average molecular weight is 494 g/mol. The van der Waals surface area contributed by atoms with Crippen molar-refractivity contribution >= 4 is 0 Å². The first-order valence-electron chi connectivity index (χ1n) is 12.4. The van der Waals surface area contributed by atoms with Gasteiger partial charge in [0.05, 0.1) is 11.5 Å². The van der Waals surface area contributed by atoms with E-state index in [2.05, 4.69) is 11.8 Å². The molecule has 0 bridgehead atoms. The number of phenolic OH excluding ortho intramolecular Hbond substituents is 2. The third-order valence-electron chi connectivity index (χ3n) is 7.35. The normalized spacial score (nSPS) is 25.8. The van der Waals surface area contributed by atoms with Crippen LogP contribution in [0.4, 0.5) is 4.39 Å². The van der Waals surface area contributed by atoms with E-state index in [4.69, 9.17) is 9.47 Å². The van der Waals surface area contributed by atoms with Crippen molar-refractivity contribution in [2.75, 3.05) is 26.2 Å². The molecule has 36 heavy (non-hydrogen) atoms. The number of fused-ring (bicyclic) bond motifs is 1. The molecule has 0 amide bonds. The topological polar surface area (TPSA) is 82.4 Å². The van der Waals surface area contributed by atoms with E-state index in [1.165, 1.54) is 24.6 Å². The molecule has 0 aromatic heterocycles. The number of rotatable bonds is 6. The van der Waals surface area contributed by atoms with Crippen molar-refractivity contribution in [1.82, 2.24) is 4.90 Å². The van der Waals surface area contributed by atoms with Crippen LogP contribution in [-0.4, -0.2) is 46.5 Å². The number of hydrogen-bond acceptors (Lipinski definition) is 6. The highest BCUT2D eigenvalue weighted by Crippen LogP contribution is 2.54. The van der Waals surface area contributed by atoms with Crippen LogP contribution in [0.25, 0.3) is 0 Å². The fourth-order valence-electron chi connectivity index (χ4n) is 5.52. The Morgan fingerprint density at radius 1 is 1.03 bits per heavy atom. The van der Waals surface area contributed by atoms with Gasteiger partial charge in [0.2, 0.25) is 0 Å². The molecular weight excluding hydrogens is 461 g/mol. The molecule has 0 saturated carbocycles. The highest BCUT2D eigenvalue weighted by atomic mass is 19.1. The van der Waals surface area contributed by atoms with E-state index in [1.807, 2.05) is 24.3 Å². The molecular formula is C29H32FNO5. The highest BCUT2D eigenvalue weighted by molar-refractivity contribution is 5.50. The Balaban J connectivity index is 1.43. The smallest absolute Gasteiger partial charge is 0.136 e. The van der Waals surface area contributed by atoms with Crippen molar-refractivity contribution < 1.29 is 29.2 Å². The molecule has 3 N–H and O–H groups in total. The Morgan fingerprint density at radius 2 is 1.72 bits per heavy atom. The van der Waals surface area contributed by atoms with Gasteiger partial charge in [0.15, 0.2) is 0 Å². The van der Waals surface area contributed by atoms with Crippen LogP contribution < -0.4 is 9.47 Å². The lowest BCUT2D eigenvalue weighted by Gasteiger charge is -2.44. The van der Waals surface area contributed by atoms with Gasteiger partial charge in [0.25, 0.3) is 0 Å². The molecule has 1 fully saturated rings. The van der Waals surface area contributed by atoms with Gasteiger partial charge in [0.1, 0.15) is 47.1 Å². The Hall–Kier alpha value is -3.29. The fourth-order valence-corrected chi connectivity index (χ4v) is 5.52. The summed E-state index contributed by atoms with van der Waals surface area (Å²) in [6.07, 6.45) is 0.547. The maximum atomic E-state index is 15.0. The van der Waals surface area contributed by atoms with Gasteiger partial charge in [-0.1, -0.05) is 31.2 Å². The maximum absolute atomic E-state index is 15.0. The molecule has 0 spiro atoms. The summed E-state index contributed by atoms with van der Waals surface area (Å²) in [6, 6.07) is 16.3. The van der Waals surface area contributed by atoms with Crippen LogP contribution in [0.3, 0.4) is 0 Å². The predicted octanol–water partition coefficient (Wildman–Crippen LogP) is 5.08. The van der Waals surface area contributed by atoms with E-state index in [0.29, 0.717) is 12.2 Å². The summed E-state index contributed by atoms with van der Waals surface area (Å²) in [7, 11) is 0. The third kappa shape index (κ3) is 4.73. The zero-order valence-electron chi connectivity index (χ0n) is 20.5. The van der Waals surface area contributed by atoms with Crippen LogP contribution in [0.5, 0.6) is 23.0 Å². The number of nitrogens with zero attached hydrogens (tertiary/aromatic N) is 1. The molecule has 5 rings (SSSR count). The Labute approximate surface area is 210 Å². The number of ether oxygens (including phenoxy) is 2. The SMILES string of the molecule is C[C@@H]1CCN(CCOc2ccc(C3Oc4cc(O)cc(F)c4C(C)(O)C3c3ccc(O)cc3)cc2)C1. The standard InChI is InChI=1S/C29H32FNO5/c1-18-11-12-31(17-18)13-14-35-23-9-5-20(6-10-23)28-26(19-3-7-21(32)8-4-19)29(2,34)27-24(30)15-22(33)16-25(27)36-28/h3-10,15-16,18,26,28,32-34H,11-14,17H2,1-2H3/t18-,26?,28?,29?/m1/s1. The van der Waals surface area contributed by atoms with E-state index < -0.39 is 23.4 Å². The minimum Gasteiger partial charge on any atom is -0.508 e. The minimum atomic E-state index is -1.66. The molecule has 3 unspecified atom stereocenters. The fraction of sp³-hybridized carbons (Fsp3) is 0.379. The van der Waals surface area contributed by atoms with Crippen molar-refractivity contribution in [3.8, 4) is 23.0 Å².